The molecule has 1 heterocycles. The summed E-state index contributed by atoms with van der Waals surface area (Å²) in [4.78, 5) is 14.3. The molecule has 2 atom stereocenters. The van der Waals surface area contributed by atoms with Gasteiger partial charge in [-0.2, -0.15) is 0 Å². The van der Waals surface area contributed by atoms with Crippen LogP contribution in [0.2, 0.25) is 0 Å². The molecule has 2 rings (SSSR count). The lowest BCUT2D eigenvalue weighted by Gasteiger charge is -2.38. The Labute approximate surface area is 98.6 Å². The Morgan fingerprint density at radius 1 is 1.31 bits per heavy atom. The number of carbonyl (C=O) groups excluding carboxylic acids is 1. The van der Waals surface area contributed by atoms with E-state index in [1.54, 1.807) is 0 Å². The van der Waals surface area contributed by atoms with Crippen molar-refractivity contribution < 1.29 is 4.79 Å². The lowest BCUT2D eigenvalue weighted by Crippen LogP contribution is -2.46. The van der Waals surface area contributed by atoms with Gasteiger partial charge in [0, 0.05) is 19.0 Å². The molecule has 1 N–H and O–H groups in total. The predicted molar refractivity (Wildman–Crippen MR) is 65.2 cm³/mol. The third-order valence-corrected chi connectivity index (χ3v) is 4.13. The second-order valence-corrected chi connectivity index (χ2v) is 5.19. The molecule has 2 fully saturated rings. The minimum atomic E-state index is 0.395. The third kappa shape index (κ3) is 2.57. The molecule has 0 radical (unpaired) electrons. The first-order chi connectivity index (χ1) is 7.83. The molecule has 3 nitrogen and oxygen atoms in total. The summed E-state index contributed by atoms with van der Waals surface area (Å²) in [5, 5.41) is 3.10. The Bertz CT molecular complexity index is 242. The SMILES string of the molecule is CNCCCC(=O)N1CCCC2CCCC21. The normalized spacial score (nSPS) is 29.2. The van der Waals surface area contributed by atoms with Crippen molar-refractivity contribution in [3.05, 3.63) is 0 Å². The molecule has 1 amide bonds. The number of fused-ring (bicyclic) bond motifs is 1. The van der Waals surface area contributed by atoms with Gasteiger partial charge in [0.05, 0.1) is 0 Å². The molecule has 2 unspecified atom stereocenters. The fraction of sp³-hybridized carbons (Fsp3) is 0.923. The molecular weight excluding hydrogens is 200 g/mol. The average molecular weight is 224 g/mol. The number of nitrogens with one attached hydrogen (secondary N) is 1. The van der Waals surface area contributed by atoms with E-state index >= 15 is 0 Å². The van der Waals surface area contributed by atoms with Crippen LogP contribution in [0.5, 0.6) is 0 Å². The predicted octanol–water partition coefficient (Wildman–Crippen LogP) is 1.78. The Kier molecular flexibility index (Phi) is 4.22. The van der Waals surface area contributed by atoms with E-state index in [9.17, 15) is 4.79 Å². The number of amides is 1. The van der Waals surface area contributed by atoms with E-state index in [1.807, 2.05) is 7.05 Å². The summed E-state index contributed by atoms with van der Waals surface area (Å²) in [6, 6.07) is 0.593. The van der Waals surface area contributed by atoms with E-state index in [0.717, 1.165) is 31.8 Å². The highest BCUT2D eigenvalue weighted by Gasteiger charge is 2.36. The zero-order chi connectivity index (χ0) is 11.4. The van der Waals surface area contributed by atoms with Crippen LogP contribution < -0.4 is 5.32 Å². The van der Waals surface area contributed by atoms with Crippen LogP contribution in [0.15, 0.2) is 0 Å². The number of carbonyl (C=O) groups is 1. The molecule has 0 spiro atoms. The molecule has 1 aliphatic heterocycles. The molecule has 1 aliphatic carbocycles. The fourth-order valence-corrected chi connectivity index (χ4v) is 3.32. The van der Waals surface area contributed by atoms with Gasteiger partial charge in [0.25, 0.3) is 0 Å². The minimum Gasteiger partial charge on any atom is -0.339 e. The molecule has 1 saturated heterocycles. The van der Waals surface area contributed by atoms with E-state index in [2.05, 4.69) is 10.2 Å². The van der Waals surface area contributed by atoms with Gasteiger partial charge in [-0.25, -0.2) is 0 Å². The van der Waals surface area contributed by atoms with Crippen LogP contribution in [-0.2, 0) is 4.79 Å². The number of hydrogen-bond donors (Lipinski definition) is 1. The summed E-state index contributed by atoms with van der Waals surface area (Å²) in [5.74, 6) is 1.22. The zero-order valence-corrected chi connectivity index (χ0v) is 10.4. The summed E-state index contributed by atoms with van der Waals surface area (Å²) >= 11 is 0. The van der Waals surface area contributed by atoms with Crippen LogP contribution in [0.1, 0.15) is 44.9 Å². The van der Waals surface area contributed by atoms with Crippen molar-refractivity contribution in [2.75, 3.05) is 20.1 Å². The first-order valence-corrected chi connectivity index (χ1v) is 6.77. The zero-order valence-electron chi connectivity index (χ0n) is 10.4. The van der Waals surface area contributed by atoms with Crippen molar-refractivity contribution in [2.45, 2.75) is 51.0 Å². The summed E-state index contributed by atoms with van der Waals surface area (Å²) < 4.78 is 0. The molecule has 2 aliphatic rings. The van der Waals surface area contributed by atoms with Crippen molar-refractivity contribution in [3.63, 3.8) is 0 Å². The second kappa shape index (κ2) is 5.67. The second-order valence-electron chi connectivity index (χ2n) is 5.19. The Hall–Kier alpha value is -0.570. The van der Waals surface area contributed by atoms with Crippen LogP contribution in [-0.4, -0.2) is 37.0 Å². The van der Waals surface area contributed by atoms with E-state index < -0.39 is 0 Å². The van der Waals surface area contributed by atoms with E-state index in [0.29, 0.717) is 11.9 Å². The summed E-state index contributed by atoms with van der Waals surface area (Å²) in [5.41, 5.74) is 0. The van der Waals surface area contributed by atoms with Crippen LogP contribution in [0, 0.1) is 5.92 Å². The highest BCUT2D eigenvalue weighted by Crippen LogP contribution is 2.36. The van der Waals surface area contributed by atoms with Gasteiger partial charge in [-0.15, -0.1) is 0 Å². The number of likely N-dealkylation sites (tertiary alicyclic amines) is 1. The van der Waals surface area contributed by atoms with Gasteiger partial charge in [0.2, 0.25) is 5.91 Å². The molecular formula is C13H24N2O. The highest BCUT2D eigenvalue weighted by molar-refractivity contribution is 5.76. The van der Waals surface area contributed by atoms with Crippen LogP contribution >= 0.6 is 0 Å². The third-order valence-electron chi connectivity index (χ3n) is 4.13. The number of hydrogen-bond acceptors (Lipinski definition) is 2. The maximum Gasteiger partial charge on any atom is 0.222 e. The maximum absolute atomic E-state index is 12.1. The highest BCUT2D eigenvalue weighted by atomic mass is 16.2. The molecule has 0 aromatic carbocycles. The summed E-state index contributed by atoms with van der Waals surface area (Å²) in [6.07, 6.45) is 8.21. The Morgan fingerprint density at radius 3 is 2.94 bits per heavy atom. The largest absolute Gasteiger partial charge is 0.339 e. The van der Waals surface area contributed by atoms with Crippen LogP contribution in [0.25, 0.3) is 0 Å². The Morgan fingerprint density at radius 2 is 2.12 bits per heavy atom. The first kappa shape index (κ1) is 11.9. The molecule has 3 heteroatoms. The van der Waals surface area contributed by atoms with Gasteiger partial charge in [-0.1, -0.05) is 6.42 Å². The number of nitrogens with zero attached hydrogens (tertiary/aromatic N) is 1. The van der Waals surface area contributed by atoms with Crippen LogP contribution in [0.4, 0.5) is 0 Å². The molecule has 1 saturated carbocycles. The van der Waals surface area contributed by atoms with E-state index in [4.69, 9.17) is 0 Å². The number of rotatable bonds is 4. The van der Waals surface area contributed by atoms with Crippen molar-refractivity contribution >= 4 is 5.91 Å². The molecule has 0 aromatic heterocycles. The van der Waals surface area contributed by atoms with Crippen molar-refractivity contribution in [1.29, 1.82) is 0 Å². The molecule has 0 aromatic rings. The quantitative estimate of drug-likeness (QED) is 0.738. The lowest BCUT2D eigenvalue weighted by molar-refractivity contribution is -0.135. The average Bonchev–Trinajstić information content (AvgIpc) is 2.76. The number of piperidine rings is 1. The lowest BCUT2D eigenvalue weighted by atomic mass is 9.91. The standard InChI is InChI=1S/C13H24N2O/c1-14-9-3-8-13(16)15-10-4-6-11-5-2-7-12(11)15/h11-12,14H,2-10H2,1H3. The fourth-order valence-electron chi connectivity index (χ4n) is 3.32. The van der Waals surface area contributed by atoms with Crippen LogP contribution in [0.3, 0.4) is 0 Å². The summed E-state index contributed by atoms with van der Waals surface area (Å²) in [6.45, 7) is 1.97. The monoisotopic (exact) mass is 224 g/mol. The van der Waals surface area contributed by atoms with Crippen molar-refractivity contribution in [3.8, 4) is 0 Å². The topological polar surface area (TPSA) is 32.3 Å². The van der Waals surface area contributed by atoms with Gasteiger partial charge in [0.15, 0.2) is 0 Å². The first-order valence-electron chi connectivity index (χ1n) is 6.77. The smallest absolute Gasteiger partial charge is 0.222 e. The van der Waals surface area contributed by atoms with E-state index in [-0.39, 0.29) is 0 Å². The molecule has 92 valence electrons. The Balaban J connectivity index is 1.84. The summed E-state index contributed by atoms with van der Waals surface area (Å²) in [7, 11) is 1.94. The van der Waals surface area contributed by atoms with Gasteiger partial charge < -0.3 is 10.2 Å². The van der Waals surface area contributed by atoms with E-state index in [1.165, 1.54) is 32.1 Å². The van der Waals surface area contributed by atoms with Gasteiger partial charge >= 0.3 is 0 Å². The van der Waals surface area contributed by atoms with Crippen molar-refractivity contribution in [1.82, 2.24) is 10.2 Å². The van der Waals surface area contributed by atoms with Gasteiger partial charge in [-0.3, -0.25) is 4.79 Å². The molecule has 0 bridgehead atoms. The van der Waals surface area contributed by atoms with Crippen molar-refractivity contribution in [2.24, 2.45) is 5.92 Å². The molecule has 16 heavy (non-hydrogen) atoms. The maximum atomic E-state index is 12.1. The minimum absolute atomic E-state index is 0.395. The van der Waals surface area contributed by atoms with Gasteiger partial charge in [-0.05, 0) is 51.6 Å². The van der Waals surface area contributed by atoms with Gasteiger partial charge in [0.1, 0.15) is 0 Å².